The molecular weight excluding hydrogens is 145 g/mol. The summed E-state index contributed by atoms with van der Waals surface area (Å²) in [4.78, 5) is 7.65. The van der Waals surface area contributed by atoms with E-state index in [1.54, 1.807) is 30.0 Å². The third-order valence-corrected chi connectivity index (χ3v) is 1.56. The van der Waals surface area contributed by atoms with Crippen LogP contribution in [0.15, 0.2) is 18.7 Å². The number of fused-ring (bicyclic) bond motifs is 1. The number of imidazole rings is 1. The molecule has 2 rings (SSSR count). The highest BCUT2D eigenvalue weighted by molar-refractivity contribution is 5.40. The fourth-order valence-corrected chi connectivity index (χ4v) is 0.943. The molecule has 0 N–H and O–H groups in total. The zero-order valence-corrected chi connectivity index (χ0v) is 5.95. The third kappa shape index (κ3) is 0.790. The van der Waals surface area contributed by atoms with Crippen molar-refractivity contribution >= 4 is 5.65 Å². The number of halogens is 1. The van der Waals surface area contributed by atoms with Gasteiger partial charge in [-0.05, 0) is 6.92 Å². The predicted octanol–water partition coefficient (Wildman–Crippen LogP) is 1.18. The number of rotatable bonds is 0. The minimum atomic E-state index is -0.350. The lowest BCUT2D eigenvalue weighted by Crippen LogP contribution is -1.94. The Morgan fingerprint density at radius 3 is 3.09 bits per heavy atom. The summed E-state index contributed by atoms with van der Waals surface area (Å²) in [5, 5.41) is 0. The maximum Gasteiger partial charge on any atom is 0.187 e. The van der Waals surface area contributed by atoms with E-state index in [1.807, 2.05) is 0 Å². The van der Waals surface area contributed by atoms with Crippen LogP contribution < -0.4 is 0 Å². The Kier molecular flexibility index (Phi) is 1.15. The van der Waals surface area contributed by atoms with Crippen LogP contribution in [0.1, 0.15) is 5.69 Å². The molecule has 0 bridgehead atoms. The summed E-state index contributed by atoms with van der Waals surface area (Å²) >= 11 is 0. The first-order valence-corrected chi connectivity index (χ1v) is 3.23. The third-order valence-electron chi connectivity index (χ3n) is 1.56. The predicted molar refractivity (Wildman–Crippen MR) is 37.7 cm³/mol. The topological polar surface area (TPSA) is 30.2 Å². The van der Waals surface area contributed by atoms with Gasteiger partial charge >= 0.3 is 0 Å². The molecular formula is C7H6FN3. The van der Waals surface area contributed by atoms with Crippen molar-refractivity contribution in [3.63, 3.8) is 0 Å². The van der Waals surface area contributed by atoms with E-state index in [0.717, 1.165) is 0 Å². The van der Waals surface area contributed by atoms with E-state index < -0.39 is 0 Å². The molecule has 0 saturated heterocycles. The molecule has 0 aliphatic rings. The van der Waals surface area contributed by atoms with Crippen molar-refractivity contribution < 1.29 is 4.39 Å². The Bertz CT molecular complexity index is 393. The minimum absolute atomic E-state index is 0.331. The molecule has 11 heavy (non-hydrogen) atoms. The fraction of sp³-hybridized carbons (Fsp3) is 0.143. The summed E-state index contributed by atoms with van der Waals surface area (Å²) < 4.78 is 14.6. The van der Waals surface area contributed by atoms with Gasteiger partial charge in [-0.2, -0.15) is 0 Å². The standard InChI is InChI=1S/C7H6FN3/c1-5-6(8)7-9-2-3-11(7)4-10-5/h2-4H,1H3. The van der Waals surface area contributed by atoms with Gasteiger partial charge in [0.2, 0.25) is 0 Å². The van der Waals surface area contributed by atoms with Crippen molar-refractivity contribution in [3.8, 4) is 0 Å². The molecule has 0 atom stereocenters. The molecule has 0 aliphatic heterocycles. The molecule has 0 spiro atoms. The van der Waals surface area contributed by atoms with Crippen molar-refractivity contribution in [1.29, 1.82) is 0 Å². The van der Waals surface area contributed by atoms with E-state index in [1.165, 1.54) is 0 Å². The molecule has 0 aliphatic carbocycles. The van der Waals surface area contributed by atoms with Crippen molar-refractivity contribution in [2.24, 2.45) is 0 Å². The molecule has 0 radical (unpaired) electrons. The van der Waals surface area contributed by atoms with Crippen LogP contribution in [0.2, 0.25) is 0 Å². The zero-order chi connectivity index (χ0) is 7.84. The zero-order valence-electron chi connectivity index (χ0n) is 5.95. The van der Waals surface area contributed by atoms with E-state index in [9.17, 15) is 4.39 Å². The molecule has 0 saturated carbocycles. The Hall–Kier alpha value is -1.45. The van der Waals surface area contributed by atoms with Gasteiger partial charge < -0.3 is 0 Å². The SMILES string of the molecule is Cc1ncn2ccnc2c1F. The molecule has 0 fully saturated rings. The van der Waals surface area contributed by atoms with Gasteiger partial charge in [0.1, 0.15) is 6.33 Å². The van der Waals surface area contributed by atoms with Gasteiger partial charge in [-0.1, -0.05) is 0 Å². The molecule has 2 aromatic rings. The second-order valence-electron chi connectivity index (χ2n) is 2.30. The lowest BCUT2D eigenvalue weighted by molar-refractivity contribution is 0.610. The van der Waals surface area contributed by atoms with Crippen LogP contribution in [0.5, 0.6) is 0 Å². The van der Waals surface area contributed by atoms with Crippen molar-refractivity contribution in [2.45, 2.75) is 6.92 Å². The number of aromatic nitrogens is 3. The highest BCUT2D eigenvalue weighted by Crippen LogP contribution is 2.07. The van der Waals surface area contributed by atoms with Gasteiger partial charge in [-0.25, -0.2) is 14.4 Å². The summed E-state index contributed by atoms with van der Waals surface area (Å²) in [6.07, 6.45) is 4.74. The monoisotopic (exact) mass is 151 g/mol. The maximum absolute atomic E-state index is 13.1. The van der Waals surface area contributed by atoms with Gasteiger partial charge in [0.25, 0.3) is 0 Å². The summed E-state index contributed by atoms with van der Waals surface area (Å²) in [7, 11) is 0. The lowest BCUT2D eigenvalue weighted by atomic mass is 10.4. The normalized spacial score (nSPS) is 10.7. The van der Waals surface area contributed by atoms with E-state index in [0.29, 0.717) is 11.3 Å². The molecule has 2 aromatic heterocycles. The second-order valence-corrected chi connectivity index (χ2v) is 2.30. The first-order valence-electron chi connectivity index (χ1n) is 3.23. The lowest BCUT2D eigenvalue weighted by Gasteiger charge is -1.95. The van der Waals surface area contributed by atoms with E-state index in [-0.39, 0.29) is 5.82 Å². The quantitative estimate of drug-likeness (QED) is 0.565. The van der Waals surface area contributed by atoms with E-state index in [4.69, 9.17) is 0 Å². The van der Waals surface area contributed by atoms with Crippen LogP contribution in [0.25, 0.3) is 5.65 Å². The Morgan fingerprint density at radius 1 is 1.45 bits per heavy atom. The van der Waals surface area contributed by atoms with Crippen molar-refractivity contribution in [2.75, 3.05) is 0 Å². The molecule has 56 valence electrons. The number of aryl methyl sites for hydroxylation is 1. The molecule has 0 unspecified atom stereocenters. The summed E-state index contributed by atoms with van der Waals surface area (Å²) in [6, 6.07) is 0. The molecule has 0 amide bonds. The van der Waals surface area contributed by atoms with E-state index >= 15 is 0 Å². The largest absolute Gasteiger partial charge is 0.288 e. The van der Waals surface area contributed by atoms with Crippen LogP contribution >= 0.6 is 0 Å². The van der Waals surface area contributed by atoms with Crippen LogP contribution in [0, 0.1) is 12.7 Å². The van der Waals surface area contributed by atoms with Gasteiger partial charge in [0.05, 0.1) is 5.69 Å². The summed E-state index contributed by atoms with van der Waals surface area (Å²) in [6.45, 7) is 1.62. The highest BCUT2D eigenvalue weighted by Gasteiger charge is 2.04. The Morgan fingerprint density at radius 2 is 2.27 bits per heavy atom. The summed E-state index contributed by atoms with van der Waals surface area (Å²) in [5.74, 6) is -0.350. The first-order chi connectivity index (χ1) is 5.29. The summed E-state index contributed by atoms with van der Waals surface area (Å²) in [5.41, 5.74) is 0.709. The molecule has 0 aromatic carbocycles. The number of nitrogens with zero attached hydrogens (tertiary/aromatic N) is 3. The van der Waals surface area contributed by atoms with Gasteiger partial charge in [-0.15, -0.1) is 0 Å². The van der Waals surface area contributed by atoms with Crippen molar-refractivity contribution in [1.82, 2.24) is 14.4 Å². The van der Waals surface area contributed by atoms with Crippen LogP contribution in [-0.2, 0) is 0 Å². The minimum Gasteiger partial charge on any atom is -0.288 e. The highest BCUT2D eigenvalue weighted by atomic mass is 19.1. The Labute approximate surface area is 62.5 Å². The number of hydrogen-bond acceptors (Lipinski definition) is 2. The van der Waals surface area contributed by atoms with Gasteiger partial charge in [0.15, 0.2) is 11.5 Å². The number of hydrogen-bond donors (Lipinski definition) is 0. The average Bonchev–Trinajstić information content (AvgIpc) is 2.45. The molecule has 3 nitrogen and oxygen atoms in total. The Balaban J connectivity index is 2.93. The van der Waals surface area contributed by atoms with Crippen molar-refractivity contribution in [3.05, 3.63) is 30.2 Å². The maximum atomic E-state index is 13.1. The van der Waals surface area contributed by atoms with Crippen LogP contribution in [0.4, 0.5) is 4.39 Å². The van der Waals surface area contributed by atoms with Gasteiger partial charge in [0, 0.05) is 12.4 Å². The van der Waals surface area contributed by atoms with Crippen LogP contribution in [-0.4, -0.2) is 14.4 Å². The molecule has 4 heteroatoms. The average molecular weight is 151 g/mol. The first kappa shape index (κ1) is 6.27. The van der Waals surface area contributed by atoms with E-state index in [2.05, 4.69) is 9.97 Å². The van der Waals surface area contributed by atoms with Gasteiger partial charge in [-0.3, -0.25) is 4.40 Å². The fourth-order valence-electron chi connectivity index (χ4n) is 0.943. The van der Waals surface area contributed by atoms with Crippen LogP contribution in [0.3, 0.4) is 0 Å². The second kappa shape index (κ2) is 2.02. The smallest absolute Gasteiger partial charge is 0.187 e. The molecule has 2 heterocycles.